The third kappa shape index (κ3) is 4.64. The molecule has 0 amide bonds. The fourth-order valence-electron chi connectivity index (χ4n) is 2.87. The second-order valence-corrected chi connectivity index (χ2v) is 7.63. The maximum atomic E-state index is 12.6. The van der Waals surface area contributed by atoms with Crippen LogP contribution in [-0.4, -0.2) is 78.8 Å². The third-order valence-corrected chi connectivity index (χ3v) is 6.23. The highest BCUT2D eigenvalue weighted by Gasteiger charge is 2.32. The molecule has 21 heavy (non-hydrogen) atoms. The topological polar surface area (TPSA) is 81.2 Å². The van der Waals surface area contributed by atoms with Crippen LogP contribution in [0.15, 0.2) is 0 Å². The molecule has 122 valence electrons. The summed E-state index contributed by atoms with van der Waals surface area (Å²) in [7, 11) is -3.34. The van der Waals surface area contributed by atoms with Gasteiger partial charge in [-0.1, -0.05) is 12.8 Å². The van der Waals surface area contributed by atoms with Crippen molar-refractivity contribution in [3.05, 3.63) is 0 Å². The van der Waals surface area contributed by atoms with E-state index in [1.165, 1.54) is 0 Å². The van der Waals surface area contributed by atoms with E-state index in [0.717, 1.165) is 25.7 Å². The van der Waals surface area contributed by atoms with Crippen molar-refractivity contribution < 1.29 is 18.3 Å². The lowest BCUT2D eigenvalue weighted by Crippen LogP contribution is -2.53. The minimum atomic E-state index is -3.34. The summed E-state index contributed by atoms with van der Waals surface area (Å²) in [6, 6.07) is 0. The number of carboxylic acids is 1. The van der Waals surface area contributed by atoms with Crippen LogP contribution in [0.5, 0.6) is 0 Å². The van der Waals surface area contributed by atoms with Crippen molar-refractivity contribution >= 4 is 16.2 Å². The van der Waals surface area contributed by atoms with Crippen molar-refractivity contribution in [3.63, 3.8) is 0 Å². The van der Waals surface area contributed by atoms with E-state index in [1.54, 1.807) is 8.61 Å². The summed E-state index contributed by atoms with van der Waals surface area (Å²) in [6.07, 6.45) is 4.21. The molecule has 0 saturated carbocycles. The van der Waals surface area contributed by atoms with E-state index < -0.39 is 16.2 Å². The molecule has 0 aliphatic carbocycles. The molecule has 2 fully saturated rings. The Morgan fingerprint density at radius 2 is 1.38 bits per heavy atom. The number of rotatable bonds is 5. The van der Waals surface area contributed by atoms with Crippen LogP contribution in [0, 0.1) is 0 Å². The highest BCUT2D eigenvalue weighted by Crippen LogP contribution is 2.17. The Bertz CT molecular complexity index is 438. The Hall–Kier alpha value is -0.700. The Morgan fingerprint density at radius 3 is 1.90 bits per heavy atom. The molecule has 0 aromatic carbocycles. The fraction of sp³-hybridized carbons (Fsp3) is 0.923. The van der Waals surface area contributed by atoms with Gasteiger partial charge in [-0.15, -0.1) is 0 Å². The van der Waals surface area contributed by atoms with Gasteiger partial charge >= 0.3 is 5.97 Å². The quantitative estimate of drug-likeness (QED) is 0.783. The zero-order valence-corrected chi connectivity index (χ0v) is 13.2. The smallest absolute Gasteiger partial charge is 0.304 e. The molecule has 0 aromatic rings. The molecule has 2 heterocycles. The maximum absolute atomic E-state index is 12.6. The van der Waals surface area contributed by atoms with E-state index in [4.69, 9.17) is 5.11 Å². The van der Waals surface area contributed by atoms with Gasteiger partial charge in [0, 0.05) is 45.8 Å². The Balaban J connectivity index is 1.86. The summed E-state index contributed by atoms with van der Waals surface area (Å²) in [5.41, 5.74) is 0. The molecule has 1 N–H and O–H groups in total. The Morgan fingerprint density at radius 1 is 0.857 bits per heavy atom. The van der Waals surface area contributed by atoms with Gasteiger partial charge < -0.3 is 10.0 Å². The normalized spacial score (nSPS) is 23.8. The van der Waals surface area contributed by atoms with E-state index in [1.807, 2.05) is 4.90 Å². The van der Waals surface area contributed by atoms with Crippen LogP contribution in [0.3, 0.4) is 0 Å². The average Bonchev–Trinajstić information content (AvgIpc) is 2.75. The Labute approximate surface area is 126 Å². The first-order valence-electron chi connectivity index (χ1n) is 7.69. The van der Waals surface area contributed by atoms with Crippen molar-refractivity contribution in [1.82, 2.24) is 13.5 Å². The van der Waals surface area contributed by atoms with Crippen molar-refractivity contribution in [2.75, 3.05) is 45.8 Å². The summed E-state index contributed by atoms with van der Waals surface area (Å²) >= 11 is 0. The van der Waals surface area contributed by atoms with Gasteiger partial charge in [-0.3, -0.25) is 4.79 Å². The van der Waals surface area contributed by atoms with Crippen LogP contribution in [-0.2, 0) is 15.0 Å². The summed E-state index contributed by atoms with van der Waals surface area (Å²) < 4.78 is 28.4. The van der Waals surface area contributed by atoms with Crippen LogP contribution in [0.2, 0.25) is 0 Å². The molecular formula is C13H25N3O4S. The first kappa shape index (κ1) is 16.7. The largest absolute Gasteiger partial charge is 0.481 e. The number of piperazine rings is 1. The van der Waals surface area contributed by atoms with E-state index >= 15 is 0 Å². The zero-order chi connectivity index (χ0) is 15.3. The maximum Gasteiger partial charge on any atom is 0.304 e. The fourth-order valence-corrected chi connectivity index (χ4v) is 4.54. The van der Waals surface area contributed by atoms with Gasteiger partial charge in [-0.2, -0.15) is 17.0 Å². The Kier molecular flexibility index (Phi) is 5.98. The van der Waals surface area contributed by atoms with E-state index in [9.17, 15) is 13.2 Å². The van der Waals surface area contributed by atoms with Crippen LogP contribution < -0.4 is 0 Å². The van der Waals surface area contributed by atoms with Gasteiger partial charge in [0.15, 0.2) is 0 Å². The van der Waals surface area contributed by atoms with Gasteiger partial charge in [0.1, 0.15) is 0 Å². The standard InChI is InChI=1S/C13H25N3O4S/c17-13(18)5-8-14-9-11-16(12-10-14)21(19,20)15-6-3-1-2-4-7-15/h1-12H2,(H,17,18). The van der Waals surface area contributed by atoms with Gasteiger partial charge in [-0.25, -0.2) is 0 Å². The number of hydrogen-bond acceptors (Lipinski definition) is 4. The summed E-state index contributed by atoms with van der Waals surface area (Å²) in [5.74, 6) is -0.811. The van der Waals surface area contributed by atoms with Crippen LogP contribution in [0.1, 0.15) is 32.1 Å². The van der Waals surface area contributed by atoms with Crippen LogP contribution in [0.25, 0.3) is 0 Å². The van der Waals surface area contributed by atoms with Gasteiger partial charge in [0.25, 0.3) is 10.2 Å². The molecule has 2 aliphatic heterocycles. The average molecular weight is 319 g/mol. The number of nitrogens with zero attached hydrogens (tertiary/aromatic N) is 3. The lowest BCUT2D eigenvalue weighted by atomic mass is 10.2. The second-order valence-electron chi connectivity index (χ2n) is 5.71. The lowest BCUT2D eigenvalue weighted by molar-refractivity contribution is -0.137. The van der Waals surface area contributed by atoms with E-state index in [-0.39, 0.29) is 6.42 Å². The van der Waals surface area contributed by atoms with Crippen molar-refractivity contribution in [3.8, 4) is 0 Å². The molecular weight excluding hydrogens is 294 g/mol. The molecule has 0 radical (unpaired) electrons. The molecule has 2 aliphatic rings. The van der Waals surface area contributed by atoms with Gasteiger partial charge in [0.2, 0.25) is 0 Å². The van der Waals surface area contributed by atoms with Crippen molar-refractivity contribution in [1.29, 1.82) is 0 Å². The molecule has 0 unspecified atom stereocenters. The molecule has 0 atom stereocenters. The number of carboxylic acid groups (broad SMARTS) is 1. The number of aliphatic carboxylic acids is 1. The van der Waals surface area contributed by atoms with Crippen molar-refractivity contribution in [2.24, 2.45) is 0 Å². The zero-order valence-electron chi connectivity index (χ0n) is 12.4. The molecule has 7 nitrogen and oxygen atoms in total. The molecule has 2 saturated heterocycles. The molecule has 0 spiro atoms. The highest BCUT2D eigenvalue weighted by atomic mass is 32.2. The van der Waals surface area contributed by atoms with Crippen molar-refractivity contribution in [2.45, 2.75) is 32.1 Å². The molecule has 2 rings (SSSR count). The van der Waals surface area contributed by atoms with E-state index in [0.29, 0.717) is 45.8 Å². The van der Waals surface area contributed by atoms with Gasteiger partial charge in [-0.05, 0) is 12.8 Å². The first-order chi connectivity index (χ1) is 10.00. The predicted molar refractivity (Wildman–Crippen MR) is 79.2 cm³/mol. The summed E-state index contributed by atoms with van der Waals surface area (Å²) in [4.78, 5) is 12.6. The van der Waals surface area contributed by atoms with Gasteiger partial charge in [0.05, 0.1) is 6.42 Å². The van der Waals surface area contributed by atoms with Crippen LogP contribution in [0.4, 0.5) is 0 Å². The monoisotopic (exact) mass is 319 g/mol. The predicted octanol–water partition coefficient (Wildman–Crippen LogP) is 0.200. The minimum Gasteiger partial charge on any atom is -0.481 e. The summed E-state index contributed by atoms with van der Waals surface area (Å²) in [5, 5.41) is 8.68. The molecule has 0 bridgehead atoms. The van der Waals surface area contributed by atoms with Crippen LogP contribution >= 0.6 is 0 Å². The third-order valence-electron chi connectivity index (χ3n) is 4.19. The number of carbonyl (C=O) groups is 1. The summed E-state index contributed by atoms with van der Waals surface area (Å²) in [6.45, 7) is 3.88. The molecule has 8 heteroatoms. The molecule has 0 aromatic heterocycles. The number of hydrogen-bond donors (Lipinski definition) is 1. The SMILES string of the molecule is O=C(O)CCN1CCN(S(=O)(=O)N2CCCCCC2)CC1. The minimum absolute atomic E-state index is 0.110. The first-order valence-corrected chi connectivity index (χ1v) is 9.09. The van der Waals surface area contributed by atoms with E-state index in [2.05, 4.69) is 0 Å². The lowest BCUT2D eigenvalue weighted by Gasteiger charge is -2.36. The highest BCUT2D eigenvalue weighted by molar-refractivity contribution is 7.86. The second kappa shape index (κ2) is 7.53.